The molecule has 1 aromatic carbocycles. The number of aliphatic hydroxyl groups excluding tert-OH is 1. The first-order chi connectivity index (χ1) is 15.4. The minimum Gasteiger partial charge on any atom is -0.497 e. The number of aryl methyl sites for hydroxylation is 2. The van der Waals surface area contributed by atoms with E-state index in [2.05, 4.69) is 15.3 Å². The van der Waals surface area contributed by atoms with Crippen LogP contribution in [0.1, 0.15) is 25.0 Å². The molecule has 1 aliphatic carbocycles. The molecule has 1 aliphatic rings. The average Bonchev–Trinajstić information content (AvgIpc) is 3.46. The van der Waals surface area contributed by atoms with Crippen LogP contribution in [0.25, 0.3) is 22.1 Å². The standard InChI is InChI=1S/C22H26N6O4/c1-26-18-19(25-21(26)24-13-4-5-15(29)10-13)27(2)22(31)28(20(18)30)11-14-8-12-9-16(32-3)6-7-17(12)23-14/h6-9,13,15,23,29H,4-5,10-11H2,1-3H3,(H,24,25)/t13-,15+/m1/s1. The Morgan fingerprint density at radius 1 is 1.22 bits per heavy atom. The van der Waals surface area contributed by atoms with E-state index in [1.807, 2.05) is 24.3 Å². The van der Waals surface area contributed by atoms with Crippen molar-refractivity contribution in [3.63, 3.8) is 0 Å². The van der Waals surface area contributed by atoms with Crippen LogP contribution < -0.4 is 21.3 Å². The maximum absolute atomic E-state index is 13.3. The van der Waals surface area contributed by atoms with Crippen molar-refractivity contribution in [1.82, 2.24) is 23.7 Å². The van der Waals surface area contributed by atoms with Crippen LogP contribution in [0, 0.1) is 0 Å². The fraction of sp³-hybridized carbons (Fsp3) is 0.409. The highest BCUT2D eigenvalue weighted by atomic mass is 16.5. The van der Waals surface area contributed by atoms with E-state index >= 15 is 0 Å². The highest BCUT2D eigenvalue weighted by molar-refractivity contribution is 5.82. The largest absolute Gasteiger partial charge is 0.497 e. The molecule has 10 nitrogen and oxygen atoms in total. The van der Waals surface area contributed by atoms with Crippen LogP contribution in [-0.4, -0.2) is 48.0 Å². The summed E-state index contributed by atoms with van der Waals surface area (Å²) in [5.74, 6) is 1.25. The van der Waals surface area contributed by atoms with Gasteiger partial charge in [0, 0.05) is 36.7 Å². The minimum atomic E-state index is -0.431. The first kappa shape index (κ1) is 20.4. The molecule has 0 aliphatic heterocycles. The number of aromatic amines is 1. The normalized spacial score (nSPS) is 18.6. The number of hydrogen-bond donors (Lipinski definition) is 3. The maximum atomic E-state index is 13.3. The molecule has 0 bridgehead atoms. The fourth-order valence-corrected chi connectivity index (χ4v) is 4.54. The summed E-state index contributed by atoms with van der Waals surface area (Å²) in [6, 6.07) is 7.66. The number of aromatic nitrogens is 5. The van der Waals surface area contributed by atoms with Gasteiger partial charge in [0.1, 0.15) is 5.75 Å². The van der Waals surface area contributed by atoms with Crippen molar-refractivity contribution in [2.75, 3.05) is 12.4 Å². The number of methoxy groups -OCH3 is 1. The third kappa shape index (κ3) is 3.27. The first-order valence-electron chi connectivity index (χ1n) is 10.6. The summed E-state index contributed by atoms with van der Waals surface area (Å²) in [5, 5.41) is 14.0. The van der Waals surface area contributed by atoms with Gasteiger partial charge < -0.3 is 24.7 Å². The van der Waals surface area contributed by atoms with E-state index in [1.165, 1.54) is 9.13 Å². The van der Waals surface area contributed by atoms with Crippen LogP contribution in [0.3, 0.4) is 0 Å². The van der Waals surface area contributed by atoms with Crippen LogP contribution >= 0.6 is 0 Å². The minimum absolute atomic E-state index is 0.0862. The molecule has 0 saturated heterocycles. The summed E-state index contributed by atoms with van der Waals surface area (Å²) in [6.07, 6.45) is 1.89. The summed E-state index contributed by atoms with van der Waals surface area (Å²) < 4.78 is 9.57. The molecule has 0 radical (unpaired) electrons. The van der Waals surface area contributed by atoms with Gasteiger partial charge in [0.2, 0.25) is 5.95 Å². The van der Waals surface area contributed by atoms with Gasteiger partial charge in [-0.3, -0.25) is 13.9 Å². The van der Waals surface area contributed by atoms with E-state index in [4.69, 9.17) is 4.74 Å². The van der Waals surface area contributed by atoms with Crippen molar-refractivity contribution < 1.29 is 9.84 Å². The molecule has 5 rings (SSSR count). The van der Waals surface area contributed by atoms with Crippen LogP contribution in [0.2, 0.25) is 0 Å². The lowest BCUT2D eigenvalue weighted by Gasteiger charge is -2.12. The molecular weight excluding hydrogens is 412 g/mol. The molecule has 32 heavy (non-hydrogen) atoms. The van der Waals surface area contributed by atoms with Crippen molar-refractivity contribution in [2.24, 2.45) is 14.1 Å². The van der Waals surface area contributed by atoms with Crippen LogP contribution in [0.5, 0.6) is 5.75 Å². The number of hydrogen-bond acceptors (Lipinski definition) is 6. The highest BCUT2D eigenvalue weighted by Crippen LogP contribution is 2.24. The fourth-order valence-electron chi connectivity index (χ4n) is 4.54. The Labute approximate surface area is 183 Å². The van der Waals surface area contributed by atoms with Gasteiger partial charge in [-0.25, -0.2) is 4.79 Å². The molecule has 0 spiro atoms. The summed E-state index contributed by atoms with van der Waals surface area (Å²) >= 11 is 0. The van der Waals surface area contributed by atoms with Crippen LogP contribution in [-0.2, 0) is 20.6 Å². The number of aliphatic hydroxyl groups is 1. The van der Waals surface area contributed by atoms with E-state index in [0.29, 0.717) is 23.5 Å². The van der Waals surface area contributed by atoms with E-state index in [-0.39, 0.29) is 18.7 Å². The molecule has 1 fully saturated rings. The Hall–Kier alpha value is -3.53. The Morgan fingerprint density at radius 3 is 2.75 bits per heavy atom. The number of nitrogens with one attached hydrogen (secondary N) is 2. The zero-order chi connectivity index (χ0) is 22.6. The third-order valence-corrected chi connectivity index (χ3v) is 6.31. The number of anilines is 1. The summed E-state index contributed by atoms with van der Waals surface area (Å²) in [6.45, 7) is 0.112. The van der Waals surface area contributed by atoms with Gasteiger partial charge in [0.05, 0.1) is 19.8 Å². The number of fused-ring (bicyclic) bond motifs is 2. The number of H-pyrrole nitrogens is 1. The second-order valence-electron chi connectivity index (χ2n) is 8.46. The number of benzene rings is 1. The molecule has 3 aromatic heterocycles. The molecule has 168 valence electrons. The molecular formula is C22H26N6O4. The van der Waals surface area contributed by atoms with Crippen molar-refractivity contribution in [3.05, 3.63) is 50.8 Å². The molecule has 4 aromatic rings. The first-order valence-corrected chi connectivity index (χ1v) is 10.6. The van der Waals surface area contributed by atoms with Gasteiger partial charge in [0.25, 0.3) is 5.56 Å². The summed E-state index contributed by atoms with van der Waals surface area (Å²) in [5.41, 5.74) is 1.51. The molecule has 3 N–H and O–H groups in total. The Morgan fingerprint density at radius 2 is 2.03 bits per heavy atom. The van der Waals surface area contributed by atoms with Gasteiger partial charge in [-0.1, -0.05) is 0 Å². The lowest BCUT2D eigenvalue weighted by molar-refractivity contribution is 0.182. The number of nitrogens with zero attached hydrogens (tertiary/aromatic N) is 4. The van der Waals surface area contributed by atoms with Gasteiger partial charge >= 0.3 is 5.69 Å². The van der Waals surface area contributed by atoms with Gasteiger partial charge in [-0.2, -0.15) is 4.98 Å². The highest BCUT2D eigenvalue weighted by Gasteiger charge is 2.25. The Kier molecular flexibility index (Phi) is 4.81. The molecule has 0 amide bonds. The van der Waals surface area contributed by atoms with E-state index in [1.54, 1.807) is 25.8 Å². The molecule has 1 saturated carbocycles. The molecule has 0 unspecified atom stereocenters. The lowest BCUT2D eigenvalue weighted by Crippen LogP contribution is -2.39. The topological polar surface area (TPSA) is 119 Å². The quantitative estimate of drug-likeness (QED) is 0.432. The third-order valence-electron chi connectivity index (χ3n) is 6.31. The van der Waals surface area contributed by atoms with Crippen molar-refractivity contribution >= 4 is 28.0 Å². The summed E-state index contributed by atoms with van der Waals surface area (Å²) in [7, 11) is 4.99. The maximum Gasteiger partial charge on any atom is 0.332 e. The Balaban J connectivity index is 1.56. The van der Waals surface area contributed by atoms with Crippen molar-refractivity contribution in [1.29, 1.82) is 0 Å². The van der Waals surface area contributed by atoms with Gasteiger partial charge in [0.15, 0.2) is 11.2 Å². The van der Waals surface area contributed by atoms with Crippen molar-refractivity contribution in [3.8, 4) is 5.75 Å². The Bertz CT molecular complexity index is 1440. The SMILES string of the molecule is COc1ccc2[nH]c(Cn3c(=O)c4c(nc(N[C@@H]5CC[C@H](O)C5)n4C)n(C)c3=O)cc2c1. The van der Waals surface area contributed by atoms with E-state index in [9.17, 15) is 14.7 Å². The zero-order valence-electron chi connectivity index (χ0n) is 18.3. The van der Waals surface area contributed by atoms with Crippen LogP contribution in [0.15, 0.2) is 33.9 Å². The van der Waals surface area contributed by atoms with Crippen LogP contribution in [0.4, 0.5) is 5.95 Å². The lowest BCUT2D eigenvalue weighted by atomic mass is 10.2. The zero-order valence-corrected chi connectivity index (χ0v) is 18.3. The van der Waals surface area contributed by atoms with Crippen molar-refractivity contribution in [2.45, 2.75) is 38.0 Å². The average molecular weight is 438 g/mol. The number of ether oxygens (including phenoxy) is 1. The predicted octanol–water partition coefficient (Wildman–Crippen LogP) is 1.30. The second-order valence-corrected chi connectivity index (χ2v) is 8.46. The smallest absolute Gasteiger partial charge is 0.332 e. The molecule has 2 atom stereocenters. The van der Waals surface area contributed by atoms with E-state index in [0.717, 1.165) is 35.2 Å². The predicted molar refractivity (Wildman–Crippen MR) is 121 cm³/mol. The second kappa shape index (κ2) is 7.56. The van der Waals surface area contributed by atoms with Gasteiger partial charge in [-0.05, 0) is 43.5 Å². The van der Waals surface area contributed by atoms with E-state index < -0.39 is 11.2 Å². The number of rotatable bonds is 5. The number of imidazole rings is 1. The summed E-state index contributed by atoms with van der Waals surface area (Å²) in [4.78, 5) is 34.1. The monoisotopic (exact) mass is 438 g/mol. The van der Waals surface area contributed by atoms with Gasteiger partial charge in [-0.15, -0.1) is 0 Å². The molecule has 10 heteroatoms. The molecule has 3 heterocycles.